The third kappa shape index (κ3) is 8.17. The highest BCUT2D eigenvalue weighted by Gasteiger charge is 2.37. The van der Waals surface area contributed by atoms with Crippen LogP contribution in [0.4, 0.5) is 10.1 Å². The standard InChI is InChI=1S/C30H41ClFN3O2.ClH/c1-20(2)25-19-34(16-15-33-25)29(37)28(23-8-10-24(32)11-9-23)35(27(36)18-31)26-12-7-22(17-21(26)3)13-14-30(4,5)6;/h7-12,17,20,25,28,33H,13-16,18-19H2,1-6H3;1H/t25-,28-;/m0./s1. The lowest BCUT2D eigenvalue weighted by molar-refractivity contribution is -0.135. The maximum atomic E-state index is 14.1. The van der Waals surface area contributed by atoms with Gasteiger partial charge in [0, 0.05) is 31.4 Å². The largest absolute Gasteiger partial charge is 0.338 e. The molecule has 0 radical (unpaired) electrons. The van der Waals surface area contributed by atoms with Gasteiger partial charge in [0.2, 0.25) is 5.91 Å². The maximum Gasteiger partial charge on any atom is 0.250 e. The summed E-state index contributed by atoms with van der Waals surface area (Å²) >= 11 is 6.11. The molecular formula is C30H42Cl2FN3O2. The van der Waals surface area contributed by atoms with Crippen molar-refractivity contribution in [2.24, 2.45) is 11.3 Å². The topological polar surface area (TPSA) is 52.7 Å². The van der Waals surface area contributed by atoms with Gasteiger partial charge < -0.3 is 10.2 Å². The highest BCUT2D eigenvalue weighted by Crippen LogP contribution is 2.34. The highest BCUT2D eigenvalue weighted by atomic mass is 35.5. The summed E-state index contributed by atoms with van der Waals surface area (Å²) in [4.78, 5) is 30.9. The van der Waals surface area contributed by atoms with Crippen molar-refractivity contribution < 1.29 is 14.0 Å². The summed E-state index contributed by atoms with van der Waals surface area (Å²) < 4.78 is 13.9. The van der Waals surface area contributed by atoms with Crippen molar-refractivity contribution in [3.8, 4) is 0 Å². The van der Waals surface area contributed by atoms with E-state index >= 15 is 0 Å². The van der Waals surface area contributed by atoms with Gasteiger partial charge in [-0.25, -0.2) is 4.39 Å². The summed E-state index contributed by atoms with van der Waals surface area (Å²) in [6.45, 7) is 14.6. The molecule has 2 atom stereocenters. The highest BCUT2D eigenvalue weighted by molar-refractivity contribution is 6.30. The summed E-state index contributed by atoms with van der Waals surface area (Å²) in [7, 11) is 0. The number of hydrogen-bond acceptors (Lipinski definition) is 3. The summed E-state index contributed by atoms with van der Waals surface area (Å²) in [6.07, 6.45) is 1.96. The van der Waals surface area contributed by atoms with Crippen LogP contribution in [-0.2, 0) is 16.0 Å². The molecule has 1 saturated heterocycles. The number of hydrogen-bond donors (Lipinski definition) is 1. The van der Waals surface area contributed by atoms with E-state index in [2.05, 4.69) is 46.0 Å². The van der Waals surface area contributed by atoms with Gasteiger partial charge >= 0.3 is 0 Å². The summed E-state index contributed by atoms with van der Waals surface area (Å²) in [5.74, 6) is -0.874. The number of nitrogens with zero attached hydrogens (tertiary/aromatic N) is 2. The molecule has 0 spiro atoms. The van der Waals surface area contributed by atoms with Crippen molar-refractivity contribution in [2.75, 3.05) is 30.4 Å². The fourth-order valence-corrected chi connectivity index (χ4v) is 4.92. The van der Waals surface area contributed by atoms with Crippen molar-refractivity contribution in [3.63, 3.8) is 0 Å². The first-order chi connectivity index (χ1) is 17.4. The van der Waals surface area contributed by atoms with Crippen molar-refractivity contribution in [1.82, 2.24) is 10.2 Å². The van der Waals surface area contributed by atoms with E-state index in [1.165, 1.54) is 22.6 Å². The second kappa shape index (κ2) is 13.8. The number of aryl methyl sites for hydroxylation is 2. The van der Waals surface area contributed by atoms with Crippen LogP contribution in [0.2, 0.25) is 0 Å². The number of carbonyl (C=O) groups is 2. The molecule has 1 aliphatic heterocycles. The van der Waals surface area contributed by atoms with E-state index in [1.54, 1.807) is 12.1 Å². The minimum atomic E-state index is -0.947. The van der Waals surface area contributed by atoms with Gasteiger partial charge in [-0.1, -0.05) is 58.9 Å². The number of halogens is 3. The van der Waals surface area contributed by atoms with E-state index in [-0.39, 0.29) is 41.6 Å². The van der Waals surface area contributed by atoms with Crippen LogP contribution in [-0.4, -0.2) is 48.3 Å². The Morgan fingerprint density at radius 3 is 2.37 bits per heavy atom. The van der Waals surface area contributed by atoms with Gasteiger partial charge in [0.25, 0.3) is 5.91 Å². The molecule has 0 aliphatic carbocycles. The normalized spacial score (nSPS) is 16.7. The Labute approximate surface area is 238 Å². The fourth-order valence-electron chi connectivity index (χ4n) is 4.79. The molecule has 0 unspecified atom stereocenters. The van der Waals surface area contributed by atoms with Crippen molar-refractivity contribution in [1.29, 1.82) is 0 Å². The minimum absolute atomic E-state index is 0. The second-order valence-corrected chi connectivity index (χ2v) is 11.9. The van der Waals surface area contributed by atoms with Gasteiger partial charge in [-0.2, -0.15) is 0 Å². The van der Waals surface area contributed by atoms with Crippen LogP contribution >= 0.6 is 24.0 Å². The molecule has 0 aromatic heterocycles. The number of piperazine rings is 1. The third-order valence-corrected chi connectivity index (χ3v) is 7.30. The first-order valence-electron chi connectivity index (χ1n) is 13.2. The van der Waals surface area contributed by atoms with Crippen LogP contribution in [0, 0.1) is 24.1 Å². The van der Waals surface area contributed by atoms with Crippen molar-refractivity contribution >= 4 is 41.5 Å². The fraction of sp³-hybridized carbons (Fsp3) is 0.533. The third-order valence-electron chi connectivity index (χ3n) is 7.07. The van der Waals surface area contributed by atoms with Crippen LogP contribution in [0.25, 0.3) is 0 Å². The lowest BCUT2D eigenvalue weighted by Gasteiger charge is -2.40. The minimum Gasteiger partial charge on any atom is -0.338 e. The smallest absolute Gasteiger partial charge is 0.250 e. The van der Waals surface area contributed by atoms with Gasteiger partial charge in [-0.05, 0) is 66.0 Å². The van der Waals surface area contributed by atoms with Crippen molar-refractivity contribution in [2.45, 2.75) is 66.5 Å². The Kier molecular flexibility index (Phi) is 11.6. The van der Waals surface area contributed by atoms with Crippen LogP contribution in [0.15, 0.2) is 42.5 Å². The molecule has 1 heterocycles. The van der Waals surface area contributed by atoms with Gasteiger partial charge in [-0.3, -0.25) is 14.5 Å². The molecular weight excluding hydrogens is 524 g/mol. The number of nitrogens with one attached hydrogen (secondary N) is 1. The molecule has 2 amide bonds. The van der Waals surface area contributed by atoms with E-state index in [0.717, 1.165) is 18.4 Å². The first kappa shape index (κ1) is 32.1. The van der Waals surface area contributed by atoms with E-state index in [4.69, 9.17) is 11.6 Å². The van der Waals surface area contributed by atoms with Crippen molar-refractivity contribution in [3.05, 3.63) is 65.0 Å². The Bertz CT molecular complexity index is 1090. The quantitative estimate of drug-likeness (QED) is 0.382. The Morgan fingerprint density at radius 2 is 1.82 bits per heavy atom. The molecule has 0 bridgehead atoms. The van der Waals surface area contributed by atoms with Crippen LogP contribution in [0.5, 0.6) is 0 Å². The van der Waals surface area contributed by atoms with Gasteiger partial charge in [0.1, 0.15) is 17.7 Å². The first-order valence-corrected chi connectivity index (χ1v) is 13.7. The second-order valence-electron chi connectivity index (χ2n) is 11.6. The average molecular weight is 567 g/mol. The number of anilines is 1. The number of carbonyl (C=O) groups excluding carboxylic acids is 2. The van der Waals surface area contributed by atoms with Gasteiger partial charge in [0.05, 0.1) is 0 Å². The summed E-state index contributed by atoms with van der Waals surface area (Å²) in [5, 5.41) is 3.48. The lowest BCUT2D eigenvalue weighted by Crippen LogP contribution is -2.57. The number of alkyl halides is 1. The van der Waals surface area contributed by atoms with E-state index < -0.39 is 11.9 Å². The molecule has 2 aromatic carbocycles. The average Bonchev–Trinajstić information content (AvgIpc) is 2.86. The molecule has 1 N–H and O–H groups in total. The summed E-state index contributed by atoms with van der Waals surface area (Å²) in [6, 6.07) is 11.1. The van der Waals surface area contributed by atoms with Gasteiger partial charge in [-0.15, -0.1) is 24.0 Å². The Morgan fingerprint density at radius 1 is 1.16 bits per heavy atom. The van der Waals surface area contributed by atoms with E-state index in [0.29, 0.717) is 36.8 Å². The monoisotopic (exact) mass is 565 g/mol. The molecule has 3 rings (SSSR count). The predicted octanol–water partition coefficient (Wildman–Crippen LogP) is 6.30. The molecule has 210 valence electrons. The molecule has 8 heteroatoms. The molecule has 38 heavy (non-hydrogen) atoms. The predicted molar refractivity (Wildman–Crippen MR) is 157 cm³/mol. The Hall–Kier alpha value is -2.15. The zero-order chi connectivity index (χ0) is 27.3. The lowest BCUT2D eigenvalue weighted by atomic mass is 9.88. The number of amides is 2. The zero-order valence-corrected chi connectivity index (χ0v) is 25.0. The van der Waals surface area contributed by atoms with Crippen LogP contribution in [0.3, 0.4) is 0 Å². The number of rotatable bonds is 8. The van der Waals surface area contributed by atoms with Crippen LogP contribution in [0.1, 0.15) is 63.8 Å². The van der Waals surface area contributed by atoms with E-state index in [1.807, 2.05) is 24.0 Å². The molecule has 2 aromatic rings. The zero-order valence-electron chi connectivity index (χ0n) is 23.4. The molecule has 0 saturated carbocycles. The molecule has 5 nitrogen and oxygen atoms in total. The summed E-state index contributed by atoms with van der Waals surface area (Å²) in [5.41, 5.74) is 3.49. The van der Waals surface area contributed by atoms with Gasteiger partial charge in [0.15, 0.2) is 0 Å². The molecule has 1 fully saturated rings. The van der Waals surface area contributed by atoms with E-state index in [9.17, 15) is 14.0 Å². The van der Waals surface area contributed by atoms with Crippen LogP contribution < -0.4 is 10.2 Å². The molecule has 1 aliphatic rings. The number of benzene rings is 2. The maximum absolute atomic E-state index is 14.1. The Balaban J connectivity index is 0.00000507. The SMILES string of the molecule is Cc1cc(CCC(C)(C)C)ccc1N(C(=O)CCl)[C@H](C(=O)N1CCN[C@H](C(C)C)C1)c1ccc(F)cc1.Cl.